The van der Waals surface area contributed by atoms with Gasteiger partial charge in [-0.2, -0.15) is 9.49 Å². The van der Waals surface area contributed by atoms with Gasteiger partial charge in [-0.3, -0.25) is 10.1 Å². The number of nitrogens with zero attached hydrogens (tertiary/aromatic N) is 4. The van der Waals surface area contributed by atoms with Gasteiger partial charge in [0.15, 0.2) is 0 Å². The van der Waals surface area contributed by atoms with Crippen LogP contribution in [-0.2, 0) is 10.0 Å². The van der Waals surface area contributed by atoms with Gasteiger partial charge in [0.1, 0.15) is 12.7 Å². The molecule has 3 rings (SSSR count). The van der Waals surface area contributed by atoms with Crippen LogP contribution in [0.2, 0.25) is 0 Å². The van der Waals surface area contributed by atoms with Crippen LogP contribution in [0.3, 0.4) is 0 Å². The fourth-order valence-corrected chi connectivity index (χ4v) is 3.68. The molecule has 0 fully saturated rings. The van der Waals surface area contributed by atoms with Crippen LogP contribution in [0.25, 0.3) is 5.69 Å². The molecule has 9 nitrogen and oxygen atoms in total. The van der Waals surface area contributed by atoms with E-state index in [1.807, 2.05) is 0 Å². The fraction of sp³-hybridized carbons (Fsp3) is 0.125. The highest BCUT2D eigenvalue weighted by atomic mass is 32.2. The normalized spacial score (nSPS) is 12.7. The van der Waals surface area contributed by atoms with Crippen molar-refractivity contribution in [3.8, 4) is 5.69 Å². The van der Waals surface area contributed by atoms with Crippen molar-refractivity contribution in [2.75, 3.05) is 0 Å². The van der Waals surface area contributed by atoms with Gasteiger partial charge < -0.3 is 0 Å². The number of hydrogen-bond acceptors (Lipinski definition) is 6. The molecule has 0 aliphatic heterocycles. The van der Waals surface area contributed by atoms with Crippen LogP contribution in [0, 0.1) is 15.9 Å². The molecule has 0 saturated carbocycles. The van der Waals surface area contributed by atoms with E-state index in [4.69, 9.17) is 0 Å². The molecule has 3 aromatic rings. The minimum absolute atomic E-state index is 0.387. The molecule has 0 saturated heterocycles. The summed E-state index contributed by atoms with van der Waals surface area (Å²) in [7, 11) is -4.08. The molecule has 1 heterocycles. The lowest BCUT2D eigenvalue weighted by Gasteiger charge is -2.15. The zero-order valence-electron chi connectivity index (χ0n) is 14.0. The number of benzene rings is 2. The second kappa shape index (κ2) is 7.21. The van der Waals surface area contributed by atoms with Crippen molar-refractivity contribution in [1.82, 2.24) is 19.5 Å². The van der Waals surface area contributed by atoms with Crippen LogP contribution in [0.1, 0.15) is 18.5 Å². The van der Waals surface area contributed by atoms with Crippen LogP contribution >= 0.6 is 0 Å². The third-order valence-electron chi connectivity index (χ3n) is 3.83. The number of rotatable bonds is 6. The Kier molecular flexibility index (Phi) is 4.97. The summed E-state index contributed by atoms with van der Waals surface area (Å²) in [6.07, 6.45) is 2.93. The average molecular weight is 391 g/mol. The third kappa shape index (κ3) is 3.99. The number of sulfonamides is 1. The monoisotopic (exact) mass is 391 g/mol. The molecule has 0 bridgehead atoms. The molecular weight excluding hydrogens is 377 g/mol. The van der Waals surface area contributed by atoms with Gasteiger partial charge in [-0.25, -0.2) is 22.8 Å². The summed E-state index contributed by atoms with van der Waals surface area (Å²) in [5.41, 5.74) is 0.516. The first-order valence-corrected chi connectivity index (χ1v) is 9.17. The van der Waals surface area contributed by atoms with E-state index in [2.05, 4.69) is 14.8 Å². The Balaban J connectivity index is 1.81. The van der Waals surface area contributed by atoms with Crippen molar-refractivity contribution in [3.63, 3.8) is 0 Å². The van der Waals surface area contributed by atoms with E-state index in [1.54, 1.807) is 35.9 Å². The maximum atomic E-state index is 13.4. The smallest absolute Gasteiger partial charge is 0.258 e. The molecule has 1 N–H and O–H groups in total. The number of nitro groups is 1. The molecular formula is C16H14FN5O4S. The molecule has 1 aromatic heterocycles. The Morgan fingerprint density at radius 1 is 1.22 bits per heavy atom. The Morgan fingerprint density at radius 2 is 1.93 bits per heavy atom. The maximum absolute atomic E-state index is 13.4. The lowest BCUT2D eigenvalue weighted by molar-refractivity contribution is -0.387. The zero-order valence-corrected chi connectivity index (χ0v) is 14.8. The summed E-state index contributed by atoms with van der Waals surface area (Å²) in [6, 6.07) is 8.74. The quantitative estimate of drug-likeness (QED) is 0.509. The van der Waals surface area contributed by atoms with Crippen LogP contribution in [0.5, 0.6) is 0 Å². The summed E-state index contributed by atoms with van der Waals surface area (Å²) < 4.78 is 42.3. The molecule has 0 aliphatic carbocycles. The van der Waals surface area contributed by atoms with E-state index in [1.165, 1.54) is 12.7 Å². The van der Waals surface area contributed by atoms with Crippen LogP contribution in [0.15, 0.2) is 60.0 Å². The second-order valence-electron chi connectivity index (χ2n) is 5.64. The van der Waals surface area contributed by atoms with Crippen LogP contribution in [0.4, 0.5) is 10.1 Å². The van der Waals surface area contributed by atoms with Crippen molar-refractivity contribution in [3.05, 3.63) is 76.6 Å². The largest absolute Gasteiger partial charge is 0.306 e. The van der Waals surface area contributed by atoms with Gasteiger partial charge in [-0.05, 0) is 36.8 Å². The molecule has 0 amide bonds. The van der Waals surface area contributed by atoms with Gasteiger partial charge >= 0.3 is 5.69 Å². The topological polar surface area (TPSA) is 120 Å². The Labute approximate surface area is 153 Å². The van der Waals surface area contributed by atoms with E-state index >= 15 is 0 Å². The summed E-state index contributed by atoms with van der Waals surface area (Å²) in [5.74, 6) is -1.10. The number of hydrogen-bond donors (Lipinski definition) is 1. The third-order valence-corrected chi connectivity index (χ3v) is 5.37. The number of aromatic nitrogens is 3. The van der Waals surface area contributed by atoms with Gasteiger partial charge in [0.05, 0.1) is 15.5 Å². The molecule has 0 unspecified atom stereocenters. The van der Waals surface area contributed by atoms with Crippen molar-refractivity contribution in [1.29, 1.82) is 0 Å². The van der Waals surface area contributed by atoms with Crippen LogP contribution < -0.4 is 4.72 Å². The Bertz CT molecular complexity index is 1070. The molecule has 0 spiro atoms. The standard InChI is InChI=1S/C16H14FN5O4S/c1-11(12-2-4-13(5-3-12)21-10-18-9-19-21)20-27(25,26)14-6-7-15(17)16(8-14)22(23)24/h2-11,20H,1H3/t11-/m1/s1. The van der Waals surface area contributed by atoms with E-state index < -0.39 is 32.5 Å². The molecule has 11 heteroatoms. The van der Waals surface area contributed by atoms with E-state index in [-0.39, 0.29) is 4.90 Å². The maximum Gasteiger partial charge on any atom is 0.306 e. The molecule has 27 heavy (non-hydrogen) atoms. The number of halogens is 1. The minimum Gasteiger partial charge on any atom is -0.258 e. The van der Waals surface area contributed by atoms with E-state index in [0.717, 1.165) is 17.8 Å². The SMILES string of the molecule is C[C@@H](NS(=O)(=O)c1ccc(F)c([N+](=O)[O-])c1)c1ccc(-n2cncn2)cc1. The van der Waals surface area contributed by atoms with Crippen molar-refractivity contribution in [2.24, 2.45) is 0 Å². The van der Waals surface area contributed by atoms with Gasteiger partial charge in [0.2, 0.25) is 15.8 Å². The van der Waals surface area contributed by atoms with Gasteiger partial charge in [-0.15, -0.1) is 0 Å². The Morgan fingerprint density at radius 3 is 2.52 bits per heavy atom. The first-order chi connectivity index (χ1) is 12.8. The highest BCUT2D eigenvalue weighted by Crippen LogP contribution is 2.23. The summed E-state index contributed by atoms with van der Waals surface area (Å²) in [4.78, 5) is 13.3. The first-order valence-electron chi connectivity index (χ1n) is 7.69. The molecule has 0 aliphatic rings. The van der Waals surface area contributed by atoms with E-state index in [0.29, 0.717) is 11.6 Å². The lowest BCUT2D eigenvalue weighted by atomic mass is 10.1. The van der Waals surface area contributed by atoms with Crippen LogP contribution in [-0.4, -0.2) is 28.1 Å². The first kappa shape index (κ1) is 18.6. The molecule has 2 aromatic carbocycles. The number of nitro benzene ring substituents is 1. The van der Waals surface area contributed by atoms with Crippen molar-refractivity contribution < 1.29 is 17.7 Å². The molecule has 140 valence electrons. The van der Waals surface area contributed by atoms with E-state index in [9.17, 15) is 22.9 Å². The summed E-state index contributed by atoms with van der Waals surface area (Å²) in [5, 5.41) is 14.8. The average Bonchev–Trinajstić information content (AvgIpc) is 3.16. The highest BCUT2D eigenvalue weighted by molar-refractivity contribution is 7.89. The fourth-order valence-electron chi connectivity index (χ4n) is 2.43. The summed E-state index contributed by atoms with van der Waals surface area (Å²) >= 11 is 0. The predicted molar refractivity (Wildman–Crippen MR) is 93.1 cm³/mol. The van der Waals surface area contributed by atoms with Gasteiger partial charge in [0, 0.05) is 12.1 Å². The molecule has 0 radical (unpaired) electrons. The predicted octanol–water partition coefficient (Wildman–Crippen LogP) is 2.35. The summed E-state index contributed by atoms with van der Waals surface area (Å²) in [6.45, 7) is 1.62. The highest BCUT2D eigenvalue weighted by Gasteiger charge is 2.23. The lowest BCUT2D eigenvalue weighted by Crippen LogP contribution is -2.27. The van der Waals surface area contributed by atoms with Gasteiger partial charge in [-0.1, -0.05) is 12.1 Å². The molecule has 1 atom stereocenters. The number of nitrogens with one attached hydrogen (secondary N) is 1. The van der Waals surface area contributed by atoms with Crippen molar-refractivity contribution >= 4 is 15.7 Å². The van der Waals surface area contributed by atoms with Gasteiger partial charge in [0.25, 0.3) is 0 Å². The second-order valence-corrected chi connectivity index (χ2v) is 7.36. The van der Waals surface area contributed by atoms with Crippen molar-refractivity contribution in [2.45, 2.75) is 17.9 Å². The minimum atomic E-state index is -4.08. The Hall–Kier alpha value is -3.18. The zero-order chi connectivity index (χ0) is 19.6.